The van der Waals surface area contributed by atoms with Crippen molar-refractivity contribution in [2.75, 3.05) is 13.6 Å². The number of carboxylic acid groups (broad SMARTS) is 1. The summed E-state index contributed by atoms with van der Waals surface area (Å²) in [5.74, 6) is -0.979. The molecular weight excluding hydrogens is 304 g/mol. The van der Waals surface area contributed by atoms with Crippen molar-refractivity contribution in [3.8, 4) is 6.07 Å². The average molecular weight is 317 g/mol. The number of nitriles is 1. The average Bonchev–Trinajstić information content (AvgIpc) is 2.37. The van der Waals surface area contributed by atoms with E-state index >= 15 is 0 Å². The Labute approximate surface area is 122 Å². The SMILES string of the molecule is CN(CCCC(=O)O)S(=O)(=O)c1ccc(C#N)cc1Cl. The lowest BCUT2D eigenvalue weighted by atomic mass is 10.2. The van der Waals surface area contributed by atoms with Crippen molar-refractivity contribution in [3.63, 3.8) is 0 Å². The van der Waals surface area contributed by atoms with Gasteiger partial charge in [0.1, 0.15) is 4.90 Å². The number of nitrogens with zero attached hydrogens (tertiary/aromatic N) is 2. The Hall–Kier alpha value is -1.62. The summed E-state index contributed by atoms with van der Waals surface area (Å²) in [4.78, 5) is 10.3. The van der Waals surface area contributed by atoms with E-state index in [-0.39, 0.29) is 34.9 Å². The summed E-state index contributed by atoms with van der Waals surface area (Å²) in [7, 11) is -2.44. The maximum atomic E-state index is 12.2. The number of carbonyl (C=O) groups is 1. The molecule has 0 aromatic heterocycles. The first-order valence-corrected chi connectivity index (χ1v) is 7.48. The van der Waals surface area contributed by atoms with E-state index in [1.54, 1.807) is 0 Å². The monoisotopic (exact) mass is 316 g/mol. The van der Waals surface area contributed by atoms with Gasteiger partial charge in [0.05, 0.1) is 16.7 Å². The predicted molar refractivity (Wildman–Crippen MR) is 72.9 cm³/mol. The Morgan fingerprint density at radius 3 is 2.65 bits per heavy atom. The molecule has 6 nitrogen and oxygen atoms in total. The van der Waals surface area contributed by atoms with Crippen molar-refractivity contribution < 1.29 is 18.3 Å². The minimum Gasteiger partial charge on any atom is -0.481 e. The largest absolute Gasteiger partial charge is 0.481 e. The molecule has 8 heteroatoms. The van der Waals surface area contributed by atoms with Crippen molar-refractivity contribution >= 4 is 27.6 Å². The molecule has 0 aliphatic rings. The third-order valence-electron chi connectivity index (χ3n) is 2.61. The first kappa shape index (κ1) is 16.4. The number of hydrogen-bond acceptors (Lipinski definition) is 4. The van der Waals surface area contributed by atoms with Crippen molar-refractivity contribution in [1.82, 2.24) is 4.31 Å². The highest BCUT2D eigenvalue weighted by atomic mass is 35.5. The normalized spacial score (nSPS) is 11.3. The number of hydrogen-bond donors (Lipinski definition) is 1. The maximum absolute atomic E-state index is 12.2. The minimum absolute atomic E-state index is 0.0332. The molecule has 1 aromatic carbocycles. The number of rotatable bonds is 6. The van der Waals surface area contributed by atoms with Crippen LogP contribution >= 0.6 is 11.6 Å². The topological polar surface area (TPSA) is 98.5 Å². The Morgan fingerprint density at radius 1 is 1.50 bits per heavy atom. The minimum atomic E-state index is -3.79. The molecule has 0 heterocycles. The van der Waals surface area contributed by atoms with Gasteiger partial charge in [-0.1, -0.05) is 11.6 Å². The second-order valence-electron chi connectivity index (χ2n) is 4.08. The summed E-state index contributed by atoms with van der Waals surface area (Å²) in [6, 6.07) is 5.77. The molecule has 1 N–H and O–H groups in total. The van der Waals surface area contributed by atoms with E-state index in [0.717, 1.165) is 4.31 Å². The fourth-order valence-electron chi connectivity index (χ4n) is 1.52. The Kier molecular flexibility index (Phi) is 5.51. The fourth-order valence-corrected chi connectivity index (χ4v) is 3.24. The van der Waals surface area contributed by atoms with Gasteiger partial charge in [0.2, 0.25) is 10.0 Å². The molecule has 0 aliphatic heterocycles. The molecule has 1 aromatic rings. The van der Waals surface area contributed by atoms with Gasteiger partial charge >= 0.3 is 5.97 Å². The molecule has 0 radical (unpaired) electrons. The third-order valence-corrected chi connectivity index (χ3v) is 4.95. The lowest BCUT2D eigenvalue weighted by Gasteiger charge is -2.17. The predicted octanol–water partition coefficient (Wildman–Crippen LogP) is 1.70. The van der Waals surface area contributed by atoms with Crippen LogP contribution in [0.5, 0.6) is 0 Å². The highest BCUT2D eigenvalue weighted by Crippen LogP contribution is 2.25. The van der Waals surface area contributed by atoms with Crippen LogP contribution in [0, 0.1) is 11.3 Å². The highest BCUT2D eigenvalue weighted by molar-refractivity contribution is 7.89. The zero-order valence-corrected chi connectivity index (χ0v) is 12.3. The molecule has 0 amide bonds. The smallest absolute Gasteiger partial charge is 0.303 e. The first-order valence-electron chi connectivity index (χ1n) is 5.67. The van der Waals surface area contributed by atoms with Gasteiger partial charge in [-0.05, 0) is 24.6 Å². The van der Waals surface area contributed by atoms with Crippen LogP contribution in [0.2, 0.25) is 5.02 Å². The van der Waals surface area contributed by atoms with Crippen molar-refractivity contribution in [2.24, 2.45) is 0 Å². The fraction of sp³-hybridized carbons (Fsp3) is 0.333. The highest BCUT2D eigenvalue weighted by Gasteiger charge is 2.23. The van der Waals surface area contributed by atoms with E-state index in [2.05, 4.69) is 0 Å². The second-order valence-corrected chi connectivity index (χ2v) is 6.50. The van der Waals surface area contributed by atoms with E-state index in [9.17, 15) is 13.2 Å². The van der Waals surface area contributed by atoms with Crippen LogP contribution in [0.3, 0.4) is 0 Å². The van der Waals surface area contributed by atoms with Crippen molar-refractivity contribution in [3.05, 3.63) is 28.8 Å². The maximum Gasteiger partial charge on any atom is 0.303 e. The Morgan fingerprint density at radius 2 is 2.15 bits per heavy atom. The first-order chi connectivity index (χ1) is 9.28. The number of benzene rings is 1. The quantitative estimate of drug-likeness (QED) is 0.861. The van der Waals surface area contributed by atoms with Gasteiger partial charge in [-0.15, -0.1) is 0 Å². The summed E-state index contributed by atoms with van der Waals surface area (Å²) in [6.45, 7) is 0.0744. The van der Waals surface area contributed by atoms with Gasteiger partial charge < -0.3 is 5.11 Å². The van der Waals surface area contributed by atoms with E-state index in [1.165, 1.54) is 25.2 Å². The van der Waals surface area contributed by atoms with Gasteiger partial charge in [-0.3, -0.25) is 4.79 Å². The van der Waals surface area contributed by atoms with Crippen LogP contribution < -0.4 is 0 Å². The van der Waals surface area contributed by atoms with E-state index < -0.39 is 16.0 Å². The number of carboxylic acids is 1. The van der Waals surface area contributed by atoms with Crippen LogP contribution in [0.25, 0.3) is 0 Å². The van der Waals surface area contributed by atoms with Crippen molar-refractivity contribution in [1.29, 1.82) is 5.26 Å². The number of halogens is 1. The van der Waals surface area contributed by atoms with E-state index in [0.29, 0.717) is 0 Å². The second kappa shape index (κ2) is 6.70. The number of aliphatic carboxylic acids is 1. The van der Waals surface area contributed by atoms with Crippen molar-refractivity contribution in [2.45, 2.75) is 17.7 Å². The molecule has 0 bridgehead atoms. The van der Waals surface area contributed by atoms with Crippen LogP contribution in [-0.2, 0) is 14.8 Å². The lowest BCUT2D eigenvalue weighted by Crippen LogP contribution is -2.28. The van der Waals surface area contributed by atoms with Gasteiger partial charge in [-0.25, -0.2) is 12.7 Å². The lowest BCUT2D eigenvalue weighted by molar-refractivity contribution is -0.137. The molecule has 0 saturated carbocycles. The molecule has 1 rings (SSSR count). The summed E-state index contributed by atoms with van der Waals surface area (Å²) in [6.07, 6.45) is 0.0971. The summed E-state index contributed by atoms with van der Waals surface area (Å²) >= 11 is 5.87. The number of sulfonamides is 1. The summed E-state index contributed by atoms with van der Waals surface area (Å²) in [5.41, 5.74) is 0.266. The molecule has 0 aliphatic carbocycles. The van der Waals surface area contributed by atoms with Gasteiger partial charge in [0.15, 0.2) is 0 Å². The van der Waals surface area contributed by atoms with Gasteiger partial charge in [0.25, 0.3) is 0 Å². The third kappa shape index (κ3) is 3.93. The van der Waals surface area contributed by atoms with Gasteiger partial charge in [0, 0.05) is 20.0 Å². The zero-order chi connectivity index (χ0) is 15.3. The molecule has 0 fully saturated rings. The van der Waals surface area contributed by atoms with E-state index in [4.69, 9.17) is 22.0 Å². The van der Waals surface area contributed by atoms with Crippen LogP contribution in [0.15, 0.2) is 23.1 Å². The van der Waals surface area contributed by atoms with Crippen LogP contribution in [0.4, 0.5) is 0 Å². The molecule has 108 valence electrons. The Balaban J connectivity index is 2.93. The molecular formula is C12H13ClN2O4S. The van der Waals surface area contributed by atoms with Gasteiger partial charge in [-0.2, -0.15) is 5.26 Å². The van der Waals surface area contributed by atoms with Crippen LogP contribution in [-0.4, -0.2) is 37.4 Å². The molecule has 20 heavy (non-hydrogen) atoms. The molecule has 0 unspecified atom stereocenters. The van der Waals surface area contributed by atoms with E-state index in [1.807, 2.05) is 6.07 Å². The Bertz CT molecular complexity index is 652. The summed E-state index contributed by atoms with van der Waals surface area (Å²) in [5, 5.41) is 17.2. The molecule has 0 saturated heterocycles. The summed E-state index contributed by atoms with van der Waals surface area (Å²) < 4.78 is 25.5. The van der Waals surface area contributed by atoms with Crippen LogP contribution in [0.1, 0.15) is 18.4 Å². The standard InChI is InChI=1S/C12H13ClN2O4S/c1-15(6-2-3-12(16)17)20(18,19)11-5-4-9(8-14)7-10(11)13/h4-5,7H,2-3,6H2,1H3,(H,16,17). The molecule has 0 atom stereocenters. The molecule has 0 spiro atoms. The zero-order valence-electron chi connectivity index (χ0n) is 10.7.